The molecule has 1 amide bonds. The number of non-ortho nitro benzene ring substituents is 1. The SMILES string of the molecule is N#Cc1cc([N+](=O)[O-])ccc1Oc1ccc(NC(=O)c2ccccc2Cl)cc1. The number of anilines is 1. The largest absolute Gasteiger partial charge is 0.456 e. The summed E-state index contributed by atoms with van der Waals surface area (Å²) in [5.41, 5.74) is 0.738. The standard InChI is InChI=1S/C20H12ClN3O4/c21-18-4-2-1-3-17(18)20(25)23-14-5-8-16(9-6-14)28-19-10-7-15(24(26)27)11-13(19)12-22/h1-11H,(H,23,25). The summed E-state index contributed by atoms with van der Waals surface area (Å²) in [5.74, 6) is 0.253. The van der Waals surface area contributed by atoms with Gasteiger partial charge in [0, 0.05) is 17.8 Å². The molecule has 0 saturated carbocycles. The summed E-state index contributed by atoms with van der Waals surface area (Å²) in [6.07, 6.45) is 0. The third kappa shape index (κ3) is 4.26. The molecule has 1 N–H and O–H groups in total. The average molecular weight is 394 g/mol. The van der Waals surface area contributed by atoms with Gasteiger partial charge in [0.25, 0.3) is 11.6 Å². The van der Waals surface area contributed by atoms with E-state index in [9.17, 15) is 14.9 Å². The molecule has 0 atom stereocenters. The van der Waals surface area contributed by atoms with Crippen molar-refractivity contribution < 1.29 is 14.5 Å². The van der Waals surface area contributed by atoms with Crippen molar-refractivity contribution >= 4 is 28.9 Å². The molecule has 8 heteroatoms. The molecule has 138 valence electrons. The molecule has 0 radical (unpaired) electrons. The number of nitrogens with one attached hydrogen (secondary N) is 1. The minimum atomic E-state index is -0.582. The molecular formula is C20H12ClN3O4. The van der Waals surface area contributed by atoms with Crippen molar-refractivity contribution in [1.82, 2.24) is 0 Å². The summed E-state index contributed by atoms with van der Waals surface area (Å²) in [5, 5.41) is 23.0. The van der Waals surface area contributed by atoms with Crippen LogP contribution in [0, 0.1) is 21.4 Å². The normalized spacial score (nSPS) is 10.0. The van der Waals surface area contributed by atoms with Gasteiger partial charge in [-0.25, -0.2) is 0 Å². The summed E-state index contributed by atoms with van der Waals surface area (Å²) in [6.45, 7) is 0. The highest BCUT2D eigenvalue weighted by atomic mass is 35.5. The summed E-state index contributed by atoms with van der Waals surface area (Å²) < 4.78 is 5.62. The first-order valence-corrected chi connectivity index (χ1v) is 8.38. The van der Waals surface area contributed by atoms with Gasteiger partial charge >= 0.3 is 0 Å². The van der Waals surface area contributed by atoms with E-state index in [1.54, 1.807) is 48.5 Å². The Morgan fingerprint density at radius 3 is 2.46 bits per heavy atom. The van der Waals surface area contributed by atoms with E-state index < -0.39 is 4.92 Å². The van der Waals surface area contributed by atoms with Crippen LogP contribution in [-0.2, 0) is 0 Å². The van der Waals surface area contributed by atoms with Crippen LogP contribution in [0.3, 0.4) is 0 Å². The molecule has 0 aliphatic heterocycles. The van der Waals surface area contributed by atoms with Gasteiger partial charge in [0.1, 0.15) is 23.1 Å². The van der Waals surface area contributed by atoms with Crippen LogP contribution in [0.1, 0.15) is 15.9 Å². The van der Waals surface area contributed by atoms with Crippen LogP contribution in [0.2, 0.25) is 5.02 Å². The topological polar surface area (TPSA) is 105 Å². The van der Waals surface area contributed by atoms with E-state index in [2.05, 4.69) is 5.32 Å². The van der Waals surface area contributed by atoms with E-state index in [0.717, 1.165) is 6.07 Å². The first-order chi connectivity index (χ1) is 13.5. The van der Waals surface area contributed by atoms with Gasteiger partial charge in [0.05, 0.1) is 15.5 Å². The molecular weight excluding hydrogens is 382 g/mol. The fourth-order valence-corrected chi connectivity index (χ4v) is 2.61. The molecule has 0 bridgehead atoms. The van der Waals surface area contributed by atoms with E-state index in [-0.39, 0.29) is 22.9 Å². The second-order valence-corrected chi connectivity index (χ2v) is 6.02. The Hall–Kier alpha value is -3.89. The number of hydrogen-bond donors (Lipinski definition) is 1. The number of halogens is 1. The number of hydrogen-bond acceptors (Lipinski definition) is 5. The van der Waals surface area contributed by atoms with Crippen molar-refractivity contribution in [2.45, 2.75) is 0 Å². The smallest absolute Gasteiger partial charge is 0.271 e. The summed E-state index contributed by atoms with van der Waals surface area (Å²) in [7, 11) is 0. The number of carbonyl (C=O) groups is 1. The first-order valence-electron chi connectivity index (χ1n) is 8.00. The minimum absolute atomic E-state index is 0.0466. The molecule has 3 aromatic carbocycles. The van der Waals surface area contributed by atoms with Crippen LogP contribution in [0.15, 0.2) is 66.7 Å². The molecule has 3 rings (SSSR count). The second-order valence-electron chi connectivity index (χ2n) is 5.61. The zero-order chi connectivity index (χ0) is 20.1. The molecule has 0 spiro atoms. The van der Waals surface area contributed by atoms with E-state index >= 15 is 0 Å². The van der Waals surface area contributed by atoms with Gasteiger partial charge in [0.2, 0.25) is 0 Å². The molecule has 0 aromatic heterocycles. The number of nitrogens with zero attached hydrogens (tertiary/aromatic N) is 2. The summed E-state index contributed by atoms with van der Waals surface area (Å²) in [6, 6.07) is 18.8. The van der Waals surface area contributed by atoms with Crippen molar-refractivity contribution in [2.75, 3.05) is 5.32 Å². The Kier molecular flexibility index (Phi) is 5.53. The van der Waals surface area contributed by atoms with E-state index in [1.807, 2.05) is 6.07 Å². The maximum absolute atomic E-state index is 12.3. The fourth-order valence-electron chi connectivity index (χ4n) is 2.38. The van der Waals surface area contributed by atoms with Crippen LogP contribution in [-0.4, -0.2) is 10.8 Å². The van der Waals surface area contributed by atoms with Crippen molar-refractivity contribution in [1.29, 1.82) is 5.26 Å². The van der Waals surface area contributed by atoms with E-state index in [4.69, 9.17) is 21.6 Å². The van der Waals surface area contributed by atoms with Crippen LogP contribution in [0.4, 0.5) is 11.4 Å². The fraction of sp³-hybridized carbons (Fsp3) is 0. The Balaban J connectivity index is 1.73. The number of rotatable bonds is 5. The van der Waals surface area contributed by atoms with Crippen LogP contribution >= 0.6 is 11.6 Å². The lowest BCUT2D eigenvalue weighted by Gasteiger charge is -2.09. The van der Waals surface area contributed by atoms with Crippen molar-refractivity contribution in [2.24, 2.45) is 0 Å². The van der Waals surface area contributed by atoms with Gasteiger partial charge in [0.15, 0.2) is 0 Å². The number of amides is 1. The van der Waals surface area contributed by atoms with Gasteiger partial charge in [-0.3, -0.25) is 14.9 Å². The lowest BCUT2D eigenvalue weighted by Crippen LogP contribution is -2.12. The number of nitriles is 1. The van der Waals surface area contributed by atoms with Gasteiger partial charge in [-0.1, -0.05) is 23.7 Å². The van der Waals surface area contributed by atoms with E-state index in [1.165, 1.54) is 12.1 Å². The molecule has 0 heterocycles. The van der Waals surface area contributed by atoms with Gasteiger partial charge in [-0.05, 0) is 42.5 Å². The number of nitro groups is 1. The lowest BCUT2D eigenvalue weighted by molar-refractivity contribution is -0.384. The third-order valence-electron chi connectivity index (χ3n) is 3.75. The molecule has 0 saturated heterocycles. The second kappa shape index (κ2) is 8.20. The molecule has 3 aromatic rings. The Morgan fingerprint density at radius 2 is 1.82 bits per heavy atom. The van der Waals surface area contributed by atoms with Gasteiger partial charge in [-0.2, -0.15) is 5.26 Å². The molecule has 0 aliphatic carbocycles. The summed E-state index contributed by atoms with van der Waals surface area (Å²) >= 11 is 6.01. The lowest BCUT2D eigenvalue weighted by atomic mass is 10.2. The maximum Gasteiger partial charge on any atom is 0.271 e. The van der Waals surface area contributed by atoms with Crippen LogP contribution in [0.5, 0.6) is 11.5 Å². The Bertz CT molecular complexity index is 1090. The molecule has 0 fully saturated rings. The van der Waals surface area contributed by atoms with Crippen LogP contribution in [0.25, 0.3) is 0 Å². The predicted molar refractivity (Wildman–Crippen MR) is 104 cm³/mol. The van der Waals surface area contributed by atoms with Crippen molar-refractivity contribution in [3.63, 3.8) is 0 Å². The summed E-state index contributed by atoms with van der Waals surface area (Å²) in [4.78, 5) is 22.5. The quantitative estimate of drug-likeness (QED) is 0.475. The number of carbonyl (C=O) groups excluding carboxylic acids is 1. The number of nitro benzene ring substituents is 1. The zero-order valence-corrected chi connectivity index (χ0v) is 15.0. The molecule has 0 unspecified atom stereocenters. The third-order valence-corrected chi connectivity index (χ3v) is 4.08. The predicted octanol–water partition coefficient (Wildman–Crippen LogP) is 5.16. The van der Waals surface area contributed by atoms with E-state index in [0.29, 0.717) is 22.0 Å². The Labute approximate surface area is 164 Å². The number of ether oxygens (including phenoxy) is 1. The highest BCUT2D eigenvalue weighted by Gasteiger charge is 2.13. The molecule has 0 aliphatic rings. The first kappa shape index (κ1) is 18.9. The zero-order valence-electron chi connectivity index (χ0n) is 14.3. The molecule has 7 nitrogen and oxygen atoms in total. The Morgan fingerprint density at radius 1 is 1.11 bits per heavy atom. The van der Waals surface area contributed by atoms with Gasteiger partial charge < -0.3 is 10.1 Å². The number of benzene rings is 3. The van der Waals surface area contributed by atoms with Crippen molar-refractivity contribution in [3.8, 4) is 17.6 Å². The van der Waals surface area contributed by atoms with Crippen molar-refractivity contribution in [3.05, 3.63) is 93.0 Å². The highest BCUT2D eigenvalue weighted by molar-refractivity contribution is 6.34. The highest BCUT2D eigenvalue weighted by Crippen LogP contribution is 2.29. The monoisotopic (exact) mass is 393 g/mol. The molecule has 28 heavy (non-hydrogen) atoms. The van der Waals surface area contributed by atoms with Crippen LogP contribution < -0.4 is 10.1 Å². The average Bonchev–Trinajstić information content (AvgIpc) is 2.69. The minimum Gasteiger partial charge on any atom is -0.456 e. The van der Waals surface area contributed by atoms with Gasteiger partial charge in [-0.15, -0.1) is 0 Å². The maximum atomic E-state index is 12.3.